The van der Waals surface area contributed by atoms with Crippen molar-refractivity contribution in [2.45, 2.75) is 6.54 Å². The van der Waals surface area contributed by atoms with Gasteiger partial charge in [-0.25, -0.2) is 0 Å². The molecule has 3 aromatic rings. The molecule has 0 saturated heterocycles. The summed E-state index contributed by atoms with van der Waals surface area (Å²) in [4.78, 5) is 26.6. The summed E-state index contributed by atoms with van der Waals surface area (Å²) in [5.74, 6) is -0.180. The van der Waals surface area contributed by atoms with Gasteiger partial charge in [-0.2, -0.15) is 0 Å². The van der Waals surface area contributed by atoms with E-state index in [9.17, 15) is 9.59 Å². The van der Waals surface area contributed by atoms with Crippen molar-refractivity contribution in [2.24, 2.45) is 0 Å². The summed E-state index contributed by atoms with van der Waals surface area (Å²) >= 11 is 3.38. The Bertz CT molecular complexity index is 999. The Morgan fingerprint density at radius 2 is 1.62 bits per heavy atom. The Hall–Kier alpha value is -2.92. The van der Waals surface area contributed by atoms with E-state index in [4.69, 9.17) is 0 Å². The van der Waals surface area contributed by atoms with Crippen molar-refractivity contribution in [3.05, 3.63) is 94.0 Å². The molecule has 0 saturated carbocycles. The predicted molar refractivity (Wildman–Crippen MR) is 105 cm³/mol. The van der Waals surface area contributed by atoms with Crippen molar-refractivity contribution < 1.29 is 9.59 Å². The molecule has 0 fully saturated rings. The zero-order chi connectivity index (χ0) is 18.1. The van der Waals surface area contributed by atoms with Gasteiger partial charge in [-0.05, 0) is 64.0 Å². The molecule has 4 rings (SSSR count). The van der Waals surface area contributed by atoms with E-state index >= 15 is 0 Å². The number of fused-ring (bicyclic) bond motifs is 1. The van der Waals surface area contributed by atoms with Crippen LogP contribution in [0.5, 0.6) is 0 Å². The van der Waals surface area contributed by atoms with Crippen LogP contribution in [0.25, 0.3) is 0 Å². The van der Waals surface area contributed by atoms with E-state index in [2.05, 4.69) is 21.2 Å². The maximum absolute atomic E-state index is 12.5. The molecule has 26 heavy (non-hydrogen) atoms. The summed E-state index contributed by atoms with van der Waals surface area (Å²) in [6.45, 7) is 0.567. The van der Waals surface area contributed by atoms with Crippen LogP contribution in [0.15, 0.2) is 77.3 Å². The molecule has 1 aliphatic heterocycles. The molecule has 0 spiro atoms. The van der Waals surface area contributed by atoms with Gasteiger partial charge in [0.05, 0.1) is 12.1 Å². The number of nitrogens with zero attached hydrogens (tertiary/aromatic N) is 1. The van der Waals surface area contributed by atoms with E-state index in [-0.39, 0.29) is 11.8 Å². The molecule has 1 N–H and O–H groups in total. The van der Waals surface area contributed by atoms with Crippen LogP contribution in [0.1, 0.15) is 26.3 Å². The van der Waals surface area contributed by atoms with Crippen molar-refractivity contribution in [1.29, 1.82) is 0 Å². The summed E-state index contributed by atoms with van der Waals surface area (Å²) in [6, 6.07) is 22.2. The molecule has 5 heteroatoms. The number of carbonyl (C=O) groups excluding carboxylic acids is 2. The predicted octanol–water partition coefficient (Wildman–Crippen LogP) is 4.86. The smallest absolute Gasteiger partial charge is 0.258 e. The first-order valence-corrected chi connectivity index (χ1v) is 8.98. The molecule has 0 atom stereocenters. The zero-order valence-electron chi connectivity index (χ0n) is 13.8. The van der Waals surface area contributed by atoms with Gasteiger partial charge in [0.25, 0.3) is 11.8 Å². The second kappa shape index (κ2) is 6.77. The normalized spacial score (nSPS) is 12.8. The van der Waals surface area contributed by atoms with Gasteiger partial charge >= 0.3 is 0 Å². The van der Waals surface area contributed by atoms with Crippen molar-refractivity contribution in [1.82, 2.24) is 0 Å². The number of nitrogens with one attached hydrogen (secondary N) is 1. The highest BCUT2D eigenvalue weighted by Crippen LogP contribution is 2.29. The molecule has 128 valence electrons. The minimum absolute atomic E-state index is 0.00519. The number of hydrogen-bond donors (Lipinski definition) is 1. The Morgan fingerprint density at radius 1 is 0.923 bits per heavy atom. The van der Waals surface area contributed by atoms with E-state index in [1.165, 1.54) is 0 Å². The zero-order valence-corrected chi connectivity index (χ0v) is 15.4. The van der Waals surface area contributed by atoms with E-state index in [1.54, 1.807) is 23.1 Å². The van der Waals surface area contributed by atoms with Gasteiger partial charge in [-0.15, -0.1) is 0 Å². The fourth-order valence-electron chi connectivity index (χ4n) is 3.03. The van der Waals surface area contributed by atoms with Crippen molar-refractivity contribution in [3.63, 3.8) is 0 Å². The second-order valence-electron chi connectivity index (χ2n) is 6.03. The summed E-state index contributed by atoms with van der Waals surface area (Å²) in [7, 11) is 0. The average molecular weight is 407 g/mol. The van der Waals surface area contributed by atoms with E-state index in [1.807, 2.05) is 54.6 Å². The molecule has 0 aliphatic carbocycles. The lowest BCUT2D eigenvalue weighted by Gasteiger charge is -2.16. The first kappa shape index (κ1) is 16.5. The van der Waals surface area contributed by atoms with Gasteiger partial charge in [0.1, 0.15) is 0 Å². The Kier molecular flexibility index (Phi) is 4.31. The maximum atomic E-state index is 12.5. The summed E-state index contributed by atoms with van der Waals surface area (Å²) in [5, 5.41) is 2.87. The molecule has 0 radical (unpaired) electrons. The quantitative estimate of drug-likeness (QED) is 0.674. The molecule has 0 aromatic heterocycles. The minimum Gasteiger partial charge on any atom is -0.322 e. The Labute approximate surface area is 159 Å². The second-order valence-corrected chi connectivity index (χ2v) is 6.88. The van der Waals surface area contributed by atoms with Crippen LogP contribution >= 0.6 is 15.9 Å². The molecule has 1 aliphatic rings. The van der Waals surface area contributed by atoms with Crippen molar-refractivity contribution in [3.8, 4) is 0 Å². The third-order valence-electron chi connectivity index (χ3n) is 4.38. The highest BCUT2D eigenvalue weighted by molar-refractivity contribution is 9.10. The highest BCUT2D eigenvalue weighted by atomic mass is 79.9. The Morgan fingerprint density at radius 3 is 2.35 bits per heavy atom. The highest BCUT2D eigenvalue weighted by Gasteiger charge is 2.27. The van der Waals surface area contributed by atoms with E-state index in [0.717, 1.165) is 21.3 Å². The van der Waals surface area contributed by atoms with Gasteiger partial charge in [0.2, 0.25) is 0 Å². The summed E-state index contributed by atoms with van der Waals surface area (Å²) in [5.41, 5.74) is 3.84. The largest absolute Gasteiger partial charge is 0.322 e. The van der Waals surface area contributed by atoms with Gasteiger partial charge in [0.15, 0.2) is 0 Å². The molecule has 2 amide bonds. The van der Waals surface area contributed by atoms with Crippen LogP contribution in [-0.4, -0.2) is 11.8 Å². The van der Waals surface area contributed by atoms with Gasteiger partial charge < -0.3 is 10.2 Å². The van der Waals surface area contributed by atoms with Gasteiger partial charge in [-0.1, -0.05) is 30.3 Å². The molecule has 4 nitrogen and oxygen atoms in total. The molecule has 1 heterocycles. The summed E-state index contributed by atoms with van der Waals surface area (Å²) < 4.78 is 0.745. The first-order chi connectivity index (χ1) is 12.6. The third kappa shape index (κ3) is 3.02. The first-order valence-electron chi connectivity index (χ1n) is 8.19. The molecular formula is C21H15BrN2O2. The maximum Gasteiger partial charge on any atom is 0.258 e. The average Bonchev–Trinajstić information content (AvgIpc) is 3.00. The molecular weight excluding hydrogens is 392 g/mol. The number of hydrogen-bond acceptors (Lipinski definition) is 2. The topological polar surface area (TPSA) is 49.4 Å². The van der Waals surface area contributed by atoms with Gasteiger partial charge in [0, 0.05) is 21.4 Å². The van der Waals surface area contributed by atoms with E-state index < -0.39 is 0 Å². The fourth-order valence-corrected chi connectivity index (χ4v) is 3.50. The fraction of sp³-hybridized carbons (Fsp3) is 0.0476. The molecule has 0 bridgehead atoms. The van der Waals surface area contributed by atoms with Gasteiger partial charge in [-0.3, -0.25) is 9.59 Å². The lowest BCUT2D eigenvalue weighted by atomic mass is 10.1. The van der Waals surface area contributed by atoms with Crippen molar-refractivity contribution >= 4 is 39.1 Å². The summed E-state index contributed by atoms with van der Waals surface area (Å²) in [6.07, 6.45) is 0. The Balaban J connectivity index is 1.51. The van der Waals surface area contributed by atoms with Crippen molar-refractivity contribution in [2.75, 3.05) is 10.2 Å². The monoisotopic (exact) mass is 406 g/mol. The standard InChI is InChI=1S/C21H15BrN2O2/c22-19-8-4-3-7-18(19)20(25)23-15-9-11-16(12-10-15)24-13-14-5-1-2-6-17(14)21(24)26/h1-12H,13H2,(H,23,25). The molecule has 0 unspecified atom stereocenters. The van der Waals surface area contributed by atoms with Crippen LogP contribution in [-0.2, 0) is 6.54 Å². The lowest BCUT2D eigenvalue weighted by Crippen LogP contribution is -2.22. The SMILES string of the molecule is O=C(Nc1ccc(N2Cc3ccccc3C2=O)cc1)c1ccccc1Br. The van der Waals surface area contributed by atoms with Crippen LogP contribution in [0.2, 0.25) is 0 Å². The van der Waals surface area contributed by atoms with E-state index in [0.29, 0.717) is 17.8 Å². The number of benzene rings is 3. The van der Waals surface area contributed by atoms with Crippen LogP contribution in [0.4, 0.5) is 11.4 Å². The van der Waals surface area contributed by atoms with Crippen LogP contribution < -0.4 is 10.2 Å². The number of anilines is 2. The number of halogens is 1. The number of amides is 2. The van der Waals surface area contributed by atoms with Crippen LogP contribution in [0, 0.1) is 0 Å². The molecule has 3 aromatic carbocycles. The lowest BCUT2D eigenvalue weighted by molar-refractivity contribution is 0.0994. The number of carbonyl (C=O) groups is 2. The van der Waals surface area contributed by atoms with Crippen LogP contribution in [0.3, 0.4) is 0 Å². The minimum atomic E-state index is -0.185. The third-order valence-corrected chi connectivity index (χ3v) is 5.07. The number of rotatable bonds is 3.